The number of hydrogen-bond acceptors (Lipinski definition) is 5. The summed E-state index contributed by atoms with van der Waals surface area (Å²) in [7, 11) is -1.55. The normalized spacial score (nSPS) is 28.7. The number of sulfonamides is 1. The minimum Gasteiger partial charge on any atom is -0.497 e. The van der Waals surface area contributed by atoms with Crippen molar-refractivity contribution in [2.75, 3.05) is 46.2 Å². The van der Waals surface area contributed by atoms with Gasteiger partial charge in [0.05, 0.1) is 20.0 Å². The fraction of sp³-hybridized carbons (Fsp3) is 0.647. The smallest absolute Gasteiger partial charge is 0.211 e. The minimum atomic E-state index is -3.20. The lowest BCUT2D eigenvalue weighted by Crippen LogP contribution is -2.50. The van der Waals surface area contributed by atoms with E-state index >= 15 is 0 Å². The molecule has 1 N–H and O–H groups in total. The van der Waals surface area contributed by atoms with Gasteiger partial charge in [-0.2, -0.15) is 0 Å². The van der Waals surface area contributed by atoms with E-state index in [0.29, 0.717) is 13.1 Å². The first-order valence-electron chi connectivity index (χ1n) is 8.27. The van der Waals surface area contributed by atoms with Gasteiger partial charge in [0.25, 0.3) is 0 Å². The van der Waals surface area contributed by atoms with Gasteiger partial charge in [0.1, 0.15) is 5.75 Å². The van der Waals surface area contributed by atoms with Gasteiger partial charge in [-0.1, -0.05) is 12.1 Å². The summed E-state index contributed by atoms with van der Waals surface area (Å²) in [5.74, 6) is 1.08. The average Bonchev–Trinajstić information content (AvgIpc) is 2.95. The van der Waals surface area contributed by atoms with Gasteiger partial charge in [-0.05, 0) is 36.6 Å². The zero-order valence-electron chi connectivity index (χ0n) is 14.3. The number of nitrogens with zero attached hydrogens (tertiary/aromatic N) is 2. The van der Waals surface area contributed by atoms with Crippen molar-refractivity contribution in [1.29, 1.82) is 0 Å². The van der Waals surface area contributed by atoms with E-state index in [0.717, 1.165) is 31.8 Å². The molecule has 0 bridgehead atoms. The third-order valence-electron chi connectivity index (χ3n) is 5.46. The van der Waals surface area contributed by atoms with Crippen LogP contribution in [0.1, 0.15) is 12.0 Å². The summed E-state index contributed by atoms with van der Waals surface area (Å²) < 4.78 is 30.5. The highest BCUT2D eigenvalue weighted by molar-refractivity contribution is 7.88. The van der Waals surface area contributed by atoms with Crippen LogP contribution in [0, 0.1) is 11.3 Å². The molecule has 0 unspecified atom stereocenters. The molecule has 1 aromatic rings. The number of ether oxygens (including phenoxy) is 1. The maximum atomic E-state index is 11.9. The molecule has 2 heterocycles. The van der Waals surface area contributed by atoms with Gasteiger partial charge < -0.3 is 9.84 Å². The Morgan fingerprint density at radius 1 is 1.29 bits per heavy atom. The summed E-state index contributed by atoms with van der Waals surface area (Å²) in [6.07, 6.45) is 2.17. The molecule has 0 radical (unpaired) electrons. The minimum absolute atomic E-state index is 0.0306. The van der Waals surface area contributed by atoms with Gasteiger partial charge in [0, 0.05) is 31.6 Å². The van der Waals surface area contributed by atoms with Gasteiger partial charge in [-0.3, -0.25) is 4.90 Å². The van der Waals surface area contributed by atoms with Crippen molar-refractivity contribution in [3.05, 3.63) is 29.8 Å². The summed E-state index contributed by atoms with van der Waals surface area (Å²) in [4.78, 5) is 2.32. The second kappa shape index (κ2) is 6.63. The first-order valence-corrected chi connectivity index (χ1v) is 10.1. The molecule has 7 heteroatoms. The first-order chi connectivity index (χ1) is 11.4. The number of fused-ring (bicyclic) bond motifs is 1. The molecule has 0 amide bonds. The highest BCUT2D eigenvalue weighted by Crippen LogP contribution is 2.42. The topological polar surface area (TPSA) is 70.1 Å². The number of methoxy groups -OCH3 is 1. The third-order valence-corrected chi connectivity index (χ3v) is 6.68. The Kier molecular flexibility index (Phi) is 4.88. The van der Waals surface area contributed by atoms with Crippen LogP contribution >= 0.6 is 0 Å². The number of likely N-dealkylation sites (tertiary alicyclic amines) is 1. The van der Waals surface area contributed by atoms with E-state index in [2.05, 4.69) is 4.90 Å². The van der Waals surface area contributed by atoms with E-state index < -0.39 is 10.0 Å². The van der Waals surface area contributed by atoms with Gasteiger partial charge in [0.2, 0.25) is 10.0 Å². The summed E-state index contributed by atoms with van der Waals surface area (Å²) in [6.45, 7) is 3.45. The van der Waals surface area contributed by atoms with Crippen molar-refractivity contribution in [3.8, 4) is 5.75 Å². The van der Waals surface area contributed by atoms with Crippen LogP contribution in [0.3, 0.4) is 0 Å². The Morgan fingerprint density at radius 3 is 2.58 bits per heavy atom. The molecule has 0 aromatic heterocycles. The molecule has 0 saturated carbocycles. The van der Waals surface area contributed by atoms with Gasteiger partial charge in [0.15, 0.2) is 0 Å². The summed E-state index contributed by atoms with van der Waals surface area (Å²) in [5, 5.41) is 10.0. The molecule has 6 nitrogen and oxygen atoms in total. The fourth-order valence-corrected chi connectivity index (χ4v) is 4.97. The van der Waals surface area contributed by atoms with Crippen LogP contribution in [0.4, 0.5) is 0 Å². The quantitative estimate of drug-likeness (QED) is 0.846. The van der Waals surface area contributed by atoms with Crippen LogP contribution < -0.4 is 4.74 Å². The van der Waals surface area contributed by atoms with Crippen molar-refractivity contribution in [2.24, 2.45) is 11.3 Å². The molecule has 24 heavy (non-hydrogen) atoms. The molecular weight excluding hydrogens is 328 g/mol. The fourth-order valence-electron chi connectivity index (χ4n) is 4.03. The van der Waals surface area contributed by atoms with Crippen LogP contribution in [0.25, 0.3) is 0 Å². The van der Waals surface area contributed by atoms with E-state index in [-0.39, 0.29) is 17.9 Å². The Labute approximate surface area is 144 Å². The maximum absolute atomic E-state index is 11.9. The number of aliphatic hydroxyl groups excluding tert-OH is 1. The van der Waals surface area contributed by atoms with Gasteiger partial charge >= 0.3 is 0 Å². The van der Waals surface area contributed by atoms with Crippen LogP contribution in [-0.2, 0) is 16.6 Å². The molecule has 2 fully saturated rings. The predicted molar refractivity (Wildman–Crippen MR) is 92.3 cm³/mol. The molecule has 0 aliphatic carbocycles. The number of benzene rings is 1. The molecule has 2 saturated heterocycles. The standard InChI is InChI=1S/C17H26N2O4S/c1-23-16-5-3-14(4-6-16)9-18-8-7-15-10-19(24(2,21)22)12-17(15,11-18)13-20/h3-6,15,20H,7-13H2,1-2H3/t15-,17+/m0/s1. The largest absolute Gasteiger partial charge is 0.497 e. The monoisotopic (exact) mass is 354 g/mol. The number of hydrogen-bond donors (Lipinski definition) is 1. The zero-order chi connectivity index (χ0) is 17.4. The van der Waals surface area contributed by atoms with E-state index in [4.69, 9.17) is 4.74 Å². The molecule has 2 aliphatic heterocycles. The van der Waals surface area contributed by atoms with Crippen LogP contribution in [-0.4, -0.2) is 68.9 Å². The second-order valence-electron chi connectivity index (χ2n) is 7.12. The second-order valence-corrected chi connectivity index (χ2v) is 9.10. The zero-order valence-corrected chi connectivity index (χ0v) is 15.1. The Balaban J connectivity index is 1.71. The van der Waals surface area contributed by atoms with Crippen LogP contribution in [0.5, 0.6) is 5.75 Å². The lowest BCUT2D eigenvalue weighted by Gasteiger charge is -2.43. The molecule has 0 spiro atoms. The van der Waals surface area contributed by atoms with Crippen molar-refractivity contribution < 1.29 is 18.3 Å². The molecule has 2 atom stereocenters. The first kappa shape index (κ1) is 17.7. The SMILES string of the molecule is COc1ccc(CN2CC[C@H]3CN(S(C)(=O)=O)C[C@@]3(CO)C2)cc1. The average molecular weight is 354 g/mol. The summed E-state index contributed by atoms with van der Waals surface area (Å²) in [5.41, 5.74) is 0.855. The molecule has 3 rings (SSSR count). The van der Waals surface area contributed by atoms with Crippen molar-refractivity contribution in [3.63, 3.8) is 0 Å². The Morgan fingerprint density at radius 2 is 2.00 bits per heavy atom. The van der Waals surface area contributed by atoms with Crippen molar-refractivity contribution >= 4 is 10.0 Å². The summed E-state index contributed by atoms with van der Waals surface area (Å²) >= 11 is 0. The lowest BCUT2D eigenvalue weighted by molar-refractivity contribution is 0.00883. The van der Waals surface area contributed by atoms with Gasteiger partial charge in [-0.25, -0.2) is 12.7 Å². The summed E-state index contributed by atoms with van der Waals surface area (Å²) in [6, 6.07) is 8.00. The third kappa shape index (κ3) is 3.44. The van der Waals surface area contributed by atoms with Crippen molar-refractivity contribution in [2.45, 2.75) is 13.0 Å². The number of aliphatic hydroxyl groups is 1. The van der Waals surface area contributed by atoms with E-state index in [1.165, 1.54) is 16.1 Å². The Hall–Kier alpha value is -1.15. The van der Waals surface area contributed by atoms with E-state index in [9.17, 15) is 13.5 Å². The van der Waals surface area contributed by atoms with Crippen LogP contribution in [0.15, 0.2) is 24.3 Å². The van der Waals surface area contributed by atoms with E-state index in [1.807, 2.05) is 24.3 Å². The number of rotatable bonds is 5. The van der Waals surface area contributed by atoms with Crippen LogP contribution in [0.2, 0.25) is 0 Å². The molecular formula is C17H26N2O4S. The predicted octanol–water partition coefficient (Wildman–Crippen LogP) is 0.771. The Bertz CT molecular complexity index is 676. The number of piperidine rings is 1. The molecule has 134 valence electrons. The lowest BCUT2D eigenvalue weighted by atomic mass is 9.74. The molecule has 1 aromatic carbocycles. The van der Waals surface area contributed by atoms with Gasteiger partial charge in [-0.15, -0.1) is 0 Å². The highest BCUT2D eigenvalue weighted by atomic mass is 32.2. The van der Waals surface area contributed by atoms with Crippen molar-refractivity contribution in [1.82, 2.24) is 9.21 Å². The molecule has 2 aliphatic rings. The maximum Gasteiger partial charge on any atom is 0.211 e. The van der Waals surface area contributed by atoms with E-state index in [1.54, 1.807) is 7.11 Å². The highest BCUT2D eigenvalue weighted by Gasteiger charge is 2.51.